The Morgan fingerprint density at radius 3 is 1.41 bits per heavy atom. The van der Waals surface area contributed by atoms with Gasteiger partial charge in [0.25, 0.3) is 0 Å². The SMILES string of the molecule is [Li+].[O-]C(c1ccccc1)(C(F)(F)F)C(F)(F)F. The fraction of sp³-hybridized carbons (Fsp3) is 0.333. The largest absolute Gasteiger partial charge is 1.00 e. The van der Waals surface area contributed by atoms with Gasteiger partial charge in [0.2, 0.25) is 0 Å². The van der Waals surface area contributed by atoms with Crippen LogP contribution >= 0.6 is 0 Å². The summed E-state index contributed by atoms with van der Waals surface area (Å²) in [5.74, 6) is 0. The molecule has 0 spiro atoms. The Hall–Kier alpha value is -0.643. The molecule has 0 aliphatic rings. The molecule has 8 heteroatoms. The van der Waals surface area contributed by atoms with E-state index in [0.29, 0.717) is 12.1 Å². The normalized spacial score (nSPS) is 13.1. The standard InChI is InChI=1S/C9H5F6O.Li/c10-8(11,12)7(16,9(13,14)15)6-4-2-1-3-5-6;/h1-5H;/q-1;+1. The van der Waals surface area contributed by atoms with Crippen LogP contribution in [0.2, 0.25) is 0 Å². The average molecular weight is 250 g/mol. The molecule has 90 valence electrons. The van der Waals surface area contributed by atoms with Crippen LogP contribution in [0.5, 0.6) is 0 Å². The van der Waals surface area contributed by atoms with Crippen LogP contribution in [0.4, 0.5) is 26.3 Å². The number of rotatable bonds is 1. The van der Waals surface area contributed by atoms with Gasteiger partial charge in [-0.2, -0.15) is 26.3 Å². The van der Waals surface area contributed by atoms with Gasteiger partial charge in [-0.1, -0.05) is 30.3 Å². The van der Waals surface area contributed by atoms with Crippen molar-refractivity contribution >= 4 is 0 Å². The Labute approximate surface area is 105 Å². The molecule has 0 unspecified atom stereocenters. The Morgan fingerprint density at radius 2 is 1.12 bits per heavy atom. The molecule has 0 N–H and O–H groups in total. The monoisotopic (exact) mass is 250 g/mol. The first-order chi connectivity index (χ1) is 7.11. The van der Waals surface area contributed by atoms with Gasteiger partial charge in [0.15, 0.2) is 0 Å². The van der Waals surface area contributed by atoms with Crippen molar-refractivity contribution in [2.75, 3.05) is 0 Å². The first-order valence-electron chi connectivity index (χ1n) is 4.00. The number of halogens is 6. The van der Waals surface area contributed by atoms with Crippen LogP contribution in [0.15, 0.2) is 30.3 Å². The van der Waals surface area contributed by atoms with Gasteiger partial charge in [-0.05, 0) is 5.56 Å². The van der Waals surface area contributed by atoms with Gasteiger partial charge in [0.1, 0.15) is 5.60 Å². The molecule has 0 fully saturated rings. The van der Waals surface area contributed by atoms with Crippen molar-refractivity contribution in [1.29, 1.82) is 0 Å². The van der Waals surface area contributed by atoms with E-state index >= 15 is 0 Å². The van der Waals surface area contributed by atoms with Gasteiger partial charge in [-0.3, -0.25) is 0 Å². The topological polar surface area (TPSA) is 23.1 Å². The van der Waals surface area contributed by atoms with Gasteiger partial charge < -0.3 is 5.11 Å². The first-order valence-corrected chi connectivity index (χ1v) is 4.00. The van der Waals surface area contributed by atoms with Crippen molar-refractivity contribution in [2.24, 2.45) is 0 Å². The average Bonchev–Trinajstić information content (AvgIpc) is 2.14. The molecule has 1 nitrogen and oxygen atoms in total. The molecule has 0 heterocycles. The van der Waals surface area contributed by atoms with Crippen LogP contribution in [0.3, 0.4) is 0 Å². The third kappa shape index (κ3) is 2.79. The van der Waals surface area contributed by atoms with Crippen molar-refractivity contribution in [3.63, 3.8) is 0 Å². The van der Waals surface area contributed by atoms with Gasteiger partial charge in [0.05, 0.1) is 0 Å². The third-order valence-electron chi connectivity index (χ3n) is 1.98. The van der Waals surface area contributed by atoms with Crippen molar-refractivity contribution < 1.29 is 50.3 Å². The predicted molar refractivity (Wildman–Crippen MR) is 40.2 cm³/mol. The summed E-state index contributed by atoms with van der Waals surface area (Å²) in [4.78, 5) is 0. The molecule has 0 saturated carbocycles. The minimum Gasteiger partial charge on any atom is -0.833 e. The van der Waals surface area contributed by atoms with Crippen molar-refractivity contribution in [3.8, 4) is 0 Å². The second kappa shape index (κ2) is 4.92. The van der Waals surface area contributed by atoms with E-state index in [0.717, 1.165) is 12.1 Å². The summed E-state index contributed by atoms with van der Waals surface area (Å²) in [6.45, 7) is 0. The maximum Gasteiger partial charge on any atom is 1.00 e. The summed E-state index contributed by atoms with van der Waals surface area (Å²) in [6, 6.07) is 4.12. The summed E-state index contributed by atoms with van der Waals surface area (Å²) in [7, 11) is 0. The molecule has 17 heavy (non-hydrogen) atoms. The van der Waals surface area contributed by atoms with Crippen molar-refractivity contribution in [2.45, 2.75) is 18.0 Å². The molecule has 1 rings (SSSR count). The Morgan fingerprint density at radius 1 is 0.765 bits per heavy atom. The van der Waals surface area contributed by atoms with E-state index < -0.39 is 23.5 Å². The predicted octanol–water partition coefficient (Wildman–Crippen LogP) is -0.629. The molecule has 0 atom stereocenters. The molecule has 1 aromatic rings. The van der Waals surface area contributed by atoms with E-state index in [4.69, 9.17) is 0 Å². The molecule has 0 amide bonds. The van der Waals surface area contributed by atoms with E-state index in [1.165, 1.54) is 6.07 Å². The van der Waals surface area contributed by atoms with Crippen LogP contribution in [0, 0.1) is 0 Å². The number of hydrogen-bond donors (Lipinski definition) is 0. The van der Waals surface area contributed by atoms with E-state index in [1.807, 2.05) is 0 Å². The van der Waals surface area contributed by atoms with Gasteiger partial charge in [0, 0.05) is 0 Å². The summed E-state index contributed by atoms with van der Waals surface area (Å²) in [5, 5.41) is 11.1. The van der Waals surface area contributed by atoms with Gasteiger partial charge in [-0.15, -0.1) is 0 Å². The third-order valence-corrected chi connectivity index (χ3v) is 1.98. The van der Waals surface area contributed by atoms with E-state index in [2.05, 4.69) is 0 Å². The molecule has 0 aliphatic heterocycles. The van der Waals surface area contributed by atoms with Crippen LogP contribution in [-0.2, 0) is 5.60 Å². The number of benzene rings is 1. The van der Waals surface area contributed by atoms with Gasteiger partial charge in [-0.25, -0.2) is 0 Å². The van der Waals surface area contributed by atoms with E-state index in [9.17, 15) is 31.4 Å². The molecular weight excluding hydrogens is 245 g/mol. The second-order valence-electron chi connectivity index (χ2n) is 3.04. The van der Waals surface area contributed by atoms with E-state index in [-0.39, 0.29) is 18.9 Å². The van der Waals surface area contributed by atoms with Gasteiger partial charge >= 0.3 is 31.2 Å². The van der Waals surface area contributed by atoms with Crippen LogP contribution in [0.1, 0.15) is 5.56 Å². The molecule has 0 aromatic heterocycles. The molecular formula is C9H5F6LiO. The number of hydrogen-bond acceptors (Lipinski definition) is 1. The zero-order chi connectivity index (χ0) is 12.6. The fourth-order valence-corrected chi connectivity index (χ4v) is 1.16. The Bertz CT molecular complexity index is 344. The molecule has 0 radical (unpaired) electrons. The second-order valence-corrected chi connectivity index (χ2v) is 3.04. The number of alkyl halides is 6. The quantitative estimate of drug-likeness (QED) is 0.481. The van der Waals surface area contributed by atoms with E-state index in [1.54, 1.807) is 0 Å². The Kier molecular flexibility index (Phi) is 4.74. The molecule has 1 aromatic carbocycles. The molecule has 0 bridgehead atoms. The van der Waals surface area contributed by atoms with Crippen LogP contribution in [0.25, 0.3) is 0 Å². The smallest absolute Gasteiger partial charge is 0.833 e. The molecule has 0 saturated heterocycles. The summed E-state index contributed by atoms with van der Waals surface area (Å²) in [6.07, 6.45) is -11.9. The first kappa shape index (κ1) is 16.4. The summed E-state index contributed by atoms with van der Waals surface area (Å²) < 4.78 is 73.5. The van der Waals surface area contributed by atoms with Crippen LogP contribution in [-0.4, -0.2) is 12.4 Å². The molecule has 0 aliphatic carbocycles. The fourth-order valence-electron chi connectivity index (χ4n) is 1.16. The van der Waals surface area contributed by atoms with Crippen molar-refractivity contribution in [1.82, 2.24) is 0 Å². The summed E-state index contributed by atoms with van der Waals surface area (Å²) >= 11 is 0. The maximum atomic E-state index is 12.3. The minimum atomic E-state index is -5.94. The minimum absolute atomic E-state index is 0. The Balaban J connectivity index is 0.00000256. The zero-order valence-electron chi connectivity index (χ0n) is 8.56. The summed E-state index contributed by atoms with van der Waals surface area (Å²) in [5.41, 5.74) is -6.45. The maximum absolute atomic E-state index is 12.3. The van der Waals surface area contributed by atoms with Crippen LogP contribution < -0.4 is 24.0 Å². The zero-order valence-corrected chi connectivity index (χ0v) is 8.56. The van der Waals surface area contributed by atoms with Crippen molar-refractivity contribution in [3.05, 3.63) is 35.9 Å².